The monoisotopic (exact) mass is 675 g/mol. The van der Waals surface area contributed by atoms with Crippen LogP contribution in [0, 0.1) is 0 Å². The number of carbonyl (C=O) groups is 1. The number of unbranched alkanes of at least 4 members (excludes halogenated alkanes) is 12. The zero-order valence-electron chi connectivity index (χ0n) is 31.2. The Kier molecular flexibility index (Phi) is 26.4. The smallest absolute Gasteiger partial charge is 0.333 e. The summed E-state index contributed by atoms with van der Waals surface area (Å²) in [6.45, 7) is 22.1. The zero-order valence-corrected chi connectivity index (χ0v) is 32.0. The van der Waals surface area contributed by atoms with Crippen LogP contribution in [0.2, 0.25) is 0 Å². The number of fused-ring (bicyclic) bond motifs is 1. The Morgan fingerprint density at radius 3 is 1.62 bits per heavy atom. The van der Waals surface area contributed by atoms with Gasteiger partial charge in [-0.15, -0.1) is 0 Å². The molecule has 0 fully saturated rings. The number of benzene rings is 2. The topological polar surface area (TPSA) is 87.9 Å². The molecule has 2 aromatic rings. The highest BCUT2D eigenvalue weighted by atomic mass is 32.2. The van der Waals surface area contributed by atoms with Gasteiger partial charge in [0.05, 0.1) is 31.1 Å². The second-order valence-electron chi connectivity index (χ2n) is 12.6. The number of quaternary nitrogens is 1. The molecular formula is C40H69NO5S. The summed E-state index contributed by atoms with van der Waals surface area (Å²) in [5, 5.41) is 1.45. The van der Waals surface area contributed by atoms with Gasteiger partial charge in [0.15, 0.2) is 0 Å². The molecular weight excluding hydrogens is 607 g/mol. The van der Waals surface area contributed by atoms with Gasteiger partial charge in [-0.05, 0) is 82.2 Å². The van der Waals surface area contributed by atoms with Gasteiger partial charge in [-0.25, -0.2) is 13.2 Å². The van der Waals surface area contributed by atoms with Crippen LogP contribution < -0.4 is 4.90 Å². The molecule has 1 N–H and O–H groups in total. The molecule has 6 nitrogen and oxygen atoms in total. The molecule has 0 radical (unpaired) electrons. The minimum absolute atomic E-state index is 0.0412. The van der Waals surface area contributed by atoms with Crippen LogP contribution in [0.4, 0.5) is 0 Å². The fourth-order valence-electron chi connectivity index (χ4n) is 5.73. The van der Waals surface area contributed by atoms with Gasteiger partial charge in [-0.1, -0.05) is 128 Å². The van der Waals surface area contributed by atoms with Gasteiger partial charge in [0.2, 0.25) is 0 Å². The summed E-state index contributed by atoms with van der Waals surface area (Å²) < 4.78 is 41.6. The van der Waals surface area contributed by atoms with Crippen molar-refractivity contribution in [2.24, 2.45) is 0 Å². The highest BCUT2D eigenvalue weighted by molar-refractivity contribution is 7.86. The van der Waals surface area contributed by atoms with Gasteiger partial charge >= 0.3 is 5.97 Å². The number of hydrogen-bond donors (Lipinski definition) is 1. The molecule has 2 aromatic carbocycles. The average Bonchev–Trinajstić information content (AvgIpc) is 3.04. The van der Waals surface area contributed by atoms with Crippen molar-refractivity contribution in [2.75, 3.05) is 26.2 Å². The van der Waals surface area contributed by atoms with Gasteiger partial charge in [0.1, 0.15) is 10.1 Å². The summed E-state index contributed by atoms with van der Waals surface area (Å²) in [6.07, 6.45) is 18.4. The molecule has 0 spiro atoms. The Morgan fingerprint density at radius 1 is 0.745 bits per heavy atom. The number of nitrogens with one attached hydrogen (secondary N) is 1. The lowest BCUT2D eigenvalue weighted by atomic mass is 9.93. The lowest BCUT2D eigenvalue weighted by molar-refractivity contribution is -0.894. The van der Waals surface area contributed by atoms with E-state index in [0.717, 1.165) is 48.6 Å². The number of aryl methyl sites for hydroxylation is 1. The molecule has 0 aliphatic rings. The van der Waals surface area contributed by atoms with E-state index in [1.165, 1.54) is 83.8 Å². The Bertz CT molecular complexity index is 1220. The minimum Gasteiger partial charge on any atom is -0.744 e. The lowest BCUT2D eigenvalue weighted by Gasteiger charge is -2.20. The number of rotatable bonds is 22. The van der Waals surface area contributed by atoms with Crippen LogP contribution in [0.5, 0.6) is 0 Å². The molecule has 0 bridgehead atoms. The van der Waals surface area contributed by atoms with E-state index in [9.17, 15) is 17.8 Å². The van der Waals surface area contributed by atoms with Crippen LogP contribution in [-0.4, -0.2) is 45.2 Å². The van der Waals surface area contributed by atoms with Crippen molar-refractivity contribution in [3.05, 3.63) is 53.6 Å². The maximum absolute atomic E-state index is 12.3. The van der Waals surface area contributed by atoms with Crippen LogP contribution in [0.3, 0.4) is 0 Å². The highest BCUT2D eigenvalue weighted by Gasteiger charge is 2.18. The third kappa shape index (κ3) is 20.0. The fourth-order valence-corrected chi connectivity index (χ4v) is 6.72. The summed E-state index contributed by atoms with van der Waals surface area (Å²) in [4.78, 5) is 12.1. The Morgan fingerprint density at radius 2 is 1.21 bits per heavy atom. The van der Waals surface area contributed by atoms with E-state index in [1.54, 1.807) is 24.8 Å². The fraction of sp³-hybridized carbons (Fsp3) is 0.675. The van der Waals surface area contributed by atoms with Gasteiger partial charge in [-0.3, -0.25) is 0 Å². The van der Waals surface area contributed by atoms with Gasteiger partial charge in [-0.2, -0.15) is 0 Å². The summed E-state index contributed by atoms with van der Waals surface area (Å²) >= 11 is 0. The van der Waals surface area contributed by atoms with Gasteiger partial charge in [0, 0.05) is 5.57 Å². The van der Waals surface area contributed by atoms with E-state index in [-0.39, 0.29) is 10.9 Å². The Labute approximate surface area is 289 Å². The number of ether oxygens (including phenoxy) is 1. The third-order valence-electron chi connectivity index (χ3n) is 8.65. The first-order valence-corrected chi connectivity index (χ1v) is 20.1. The predicted molar refractivity (Wildman–Crippen MR) is 199 cm³/mol. The number of hydrogen-bond acceptors (Lipinski definition) is 5. The molecule has 270 valence electrons. The van der Waals surface area contributed by atoms with Crippen molar-refractivity contribution in [1.29, 1.82) is 0 Å². The molecule has 0 saturated heterocycles. The standard InChI is InChI=1S/C28H44O3S.C6H15N.C6H10O2/c1-3-5-7-9-11-13-15-19-24-23-25-20-17-18-22-27(25)28(32(29,30)31)26(24)21-16-14-12-10-8-6-4-2;1-4-7(5-2)6-3;1-4-8-6(7)5(2)3/h17-18,20,22-23H,3-16,19,21H2,1-2H3,(H,29,30,31);4-6H2,1-3H3;2,4H2,1,3H3. The molecule has 0 unspecified atom stereocenters. The van der Waals surface area contributed by atoms with E-state index < -0.39 is 10.1 Å². The summed E-state index contributed by atoms with van der Waals surface area (Å²) in [6, 6.07) is 9.58. The second kappa shape index (κ2) is 27.7. The van der Waals surface area contributed by atoms with Crippen molar-refractivity contribution < 1.29 is 27.4 Å². The van der Waals surface area contributed by atoms with Crippen molar-refractivity contribution in [2.45, 2.75) is 156 Å². The first kappa shape index (κ1) is 44.8. The van der Waals surface area contributed by atoms with E-state index in [1.807, 2.05) is 18.2 Å². The van der Waals surface area contributed by atoms with E-state index in [4.69, 9.17) is 0 Å². The zero-order chi connectivity index (χ0) is 35.5. The van der Waals surface area contributed by atoms with Crippen molar-refractivity contribution >= 4 is 26.9 Å². The highest BCUT2D eigenvalue weighted by Crippen LogP contribution is 2.32. The lowest BCUT2D eigenvalue weighted by Crippen LogP contribution is -3.11. The van der Waals surface area contributed by atoms with Gasteiger partial charge < -0.3 is 14.2 Å². The van der Waals surface area contributed by atoms with E-state index in [2.05, 4.69) is 52.0 Å². The number of carbonyl (C=O) groups excluding carboxylic acids is 1. The molecule has 0 aromatic heterocycles. The van der Waals surface area contributed by atoms with E-state index in [0.29, 0.717) is 24.0 Å². The molecule has 0 atom stereocenters. The van der Waals surface area contributed by atoms with Crippen LogP contribution in [0.25, 0.3) is 10.8 Å². The number of esters is 1. The maximum atomic E-state index is 12.3. The first-order chi connectivity index (χ1) is 22.5. The molecule has 2 rings (SSSR count). The van der Waals surface area contributed by atoms with Crippen LogP contribution in [-0.2, 0) is 32.5 Å². The maximum Gasteiger partial charge on any atom is 0.333 e. The van der Waals surface area contributed by atoms with Crippen LogP contribution in [0.15, 0.2) is 47.4 Å². The SMILES string of the molecule is C=C(C)C(=O)OCC.CCCCCCCCCc1cc2ccccc2c(S(=O)(=O)[O-])c1CCCCCCCCC.CC[NH+](CC)CC. The predicted octanol–water partition coefficient (Wildman–Crippen LogP) is 9.39. The molecule has 0 heterocycles. The molecule has 7 heteroatoms. The van der Waals surface area contributed by atoms with E-state index >= 15 is 0 Å². The van der Waals surface area contributed by atoms with Crippen molar-refractivity contribution in [1.82, 2.24) is 0 Å². The first-order valence-electron chi connectivity index (χ1n) is 18.7. The van der Waals surface area contributed by atoms with Crippen molar-refractivity contribution in [3.8, 4) is 0 Å². The largest absolute Gasteiger partial charge is 0.744 e. The van der Waals surface area contributed by atoms with Gasteiger partial charge in [0.25, 0.3) is 0 Å². The summed E-state index contributed by atoms with van der Waals surface area (Å²) in [5.41, 5.74) is 2.31. The van der Waals surface area contributed by atoms with Crippen LogP contribution >= 0.6 is 0 Å². The molecule has 0 aliphatic carbocycles. The average molecular weight is 676 g/mol. The normalized spacial score (nSPS) is 11.1. The minimum atomic E-state index is -4.53. The molecule has 0 saturated carbocycles. The third-order valence-corrected chi connectivity index (χ3v) is 9.62. The molecule has 0 aliphatic heterocycles. The summed E-state index contributed by atoms with van der Waals surface area (Å²) in [5.74, 6) is -0.312. The quantitative estimate of drug-likeness (QED) is 0.0582. The molecule has 0 amide bonds. The Hall–Kier alpha value is -2.22. The van der Waals surface area contributed by atoms with Crippen molar-refractivity contribution in [3.63, 3.8) is 0 Å². The second-order valence-corrected chi connectivity index (χ2v) is 13.9. The summed E-state index contributed by atoms with van der Waals surface area (Å²) in [7, 11) is -4.53. The Balaban J connectivity index is 0.00000116. The molecule has 47 heavy (non-hydrogen) atoms. The van der Waals surface area contributed by atoms with Crippen LogP contribution in [0.1, 0.15) is 149 Å².